The Bertz CT molecular complexity index is 969. The molecule has 1 spiro atoms. The standard InChI is InChI=1S/C23H31NO8/c1-10-7-21-15(24)8-22(32-12(3)27)16(20(22,4)5)14(18(21)29)6-13(9-25)17(28)23(21,30)19(10)31-11(2)26/h6-7,14-17,19,25,28,30H,8-9,24H2,1-5H3/t14-,15+,16+,17+,19-,21-,22-,23-/m0/s1. The normalized spacial score (nSPS) is 46.0. The number of ether oxygens (including phenoxy) is 2. The van der Waals surface area contributed by atoms with E-state index in [9.17, 15) is 29.7 Å². The van der Waals surface area contributed by atoms with Crippen LogP contribution < -0.4 is 5.73 Å². The van der Waals surface area contributed by atoms with Crippen molar-refractivity contribution in [3.8, 4) is 0 Å². The van der Waals surface area contributed by atoms with E-state index in [0.29, 0.717) is 5.57 Å². The van der Waals surface area contributed by atoms with Gasteiger partial charge in [-0.2, -0.15) is 0 Å². The van der Waals surface area contributed by atoms with Crippen molar-refractivity contribution in [2.45, 2.75) is 70.5 Å². The molecule has 0 aromatic carbocycles. The van der Waals surface area contributed by atoms with Gasteiger partial charge >= 0.3 is 11.9 Å². The lowest BCUT2D eigenvalue weighted by atomic mass is 9.61. The molecule has 0 saturated heterocycles. The number of allylic oxidation sites excluding steroid dienone is 1. The van der Waals surface area contributed by atoms with Crippen molar-refractivity contribution in [1.29, 1.82) is 0 Å². The number of esters is 2. The first-order chi connectivity index (χ1) is 14.7. The van der Waals surface area contributed by atoms with Gasteiger partial charge in [0.25, 0.3) is 0 Å². The zero-order valence-corrected chi connectivity index (χ0v) is 18.9. The maximum Gasteiger partial charge on any atom is 0.303 e. The Kier molecular flexibility index (Phi) is 4.85. The van der Waals surface area contributed by atoms with Gasteiger partial charge in [0.15, 0.2) is 17.5 Å². The molecular formula is C23H31NO8. The second-order valence-electron chi connectivity index (χ2n) is 10.3. The molecule has 5 N–H and O–H groups in total. The molecule has 9 heteroatoms. The Morgan fingerprint density at radius 3 is 2.41 bits per heavy atom. The van der Waals surface area contributed by atoms with Gasteiger partial charge in [-0.05, 0) is 18.1 Å². The number of aliphatic hydroxyl groups is 3. The number of carbonyl (C=O) groups is 3. The number of ketones is 1. The molecule has 2 fully saturated rings. The molecule has 4 aliphatic carbocycles. The van der Waals surface area contributed by atoms with Crippen LogP contribution in [0.15, 0.2) is 23.3 Å². The fourth-order valence-corrected chi connectivity index (χ4v) is 7.00. The van der Waals surface area contributed by atoms with Gasteiger partial charge < -0.3 is 30.5 Å². The molecule has 8 atom stereocenters. The molecule has 2 saturated carbocycles. The Balaban J connectivity index is 1.99. The van der Waals surface area contributed by atoms with Gasteiger partial charge in [0.1, 0.15) is 11.7 Å². The molecule has 176 valence electrons. The molecule has 0 aliphatic heterocycles. The molecule has 0 aromatic heterocycles. The van der Waals surface area contributed by atoms with Crippen molar-refractivity contribution in [2.24, 2.45) is 28.4 Å². The Hall–Kier alpha value is -2.07. The Morgan fingerprint density at radius 1 is 1.25 bits per heavy atom. The summed E-state index contributed by atoms with van der Waals surface area (Å²) < 4.78 is 11.2. The summed E-state index contributed by atoms with van der Waals surface area (Å²) in [4.78, 5) is 38.1. The summed E-state index contributed by atoms with van der Waals surface area (Å²) in [6.07, 6.45) is -0.0220. The number of rotatable bonds is 3. The van der Waals surface area contributed by atoms with Crippen LogP contribution >= 0.6 is 0 Å². The van der Waals surface area contributed by atoms with Crippen LogP contribution in [0.1, 0.15) is 41.0 Å². The van der Waals surface area contributed by atoms with E-state index in [1.807, 2.05) is 13.8 Å². The number of aliphatic hydroxyl groups excluding tert-OH is 2. The average Bonchev–Trinajstić information content (AvgIpc) is 3.07. The van der Waals surface area contributed by atoms with Crippen molar-refractivity contribution in [3.05, 3.63) is 23.3 Å². The molecule has 0 heterocycles. The summed E-state index contributed by atoms with van der Waals surface area (Å²) >= 11 is 0. The number of Topliss-reactive ketones (excluding diaryl/α,β-unsaturated/α-hetero) is 1. The van der Waals surface area contributed by atoms with E-state index in [2.05, 4.69) is 0 Å². The Morgan fingerprint density at radius 2 is 1.88 bits per heavy atom. The maximum absolute atomic E-state index is 14.2. The van der Waals surface area contributed by atoms with Crippen LogP contribution in [0.25, 0.3) is 0 Å². The third-order valence-corrected chi connectivity index (χ3v) is 8.35. The van der Waals surface area contributed by atoms with E-state index >= 15 is 0 Å². The average molecular weight is 450 g/mol. The largest absolute Gasteiger partial charge is 0.458 e. The van der Waals surface area contributed by atoms with Crippen molar-refractivity contribution in [2.75, 3.05) is 6.61 Å². The number of hydrogen-bond donors (Lipinski definition) is 4. The van der Waals surface area contributed by atoms with Crippen LogP contribution in [0.5, 0.6) is 0 Å². The lowest BCUT2D eigenvalue weighted by Gasteiger charge is -2.48. The van der Waals surface area contributed by atoms with Crippen molar-refractivity contribution < 1.29 is 39.2 Å². The summed E-state index contributed by atoms with van der Waals surface area (Å²) in [6, 6.07) is -1.06. The van der Waals surface area contributed by atoms with E-state index in [4.69, 9.17) is 15.2 Å². The summed E-state index contributed by atoms with van der Waals surface area (Å²) in [6.45, 7) is 7.19. The highest BCUT2D eigenvalue weighted by atomic mass is 16.6. The minimum absolute atomic E-state index is 0.0292. The van der Waals surface area contributed by atoms with Crippen molar-refractivity contribution >= 4 is 17.7 Å². The first kappa shape index (κ1) is 23.1. The summed E-state index contributed by atoms with van der Waals surface area (Å²) in [5, 5.41) is 33.4. The van der Waals surface area contributed by atoms with E-state index in [1.165, 1.54) is 26.0 Å². The van der Waals surface area contributed by atoms with Gasteiger partial charge in [0.05, 0.1) is 12.0 Å². The SMILES string of the molecule is CC(=O)O[C@H]1C(C)=C[C@]23C(=O)[C@@H](C=C(CO)[C@@H](O)[C@]12O)[C@@H]1C(C)(C)[C@]1(OC(C)=O)C[C@H]3N. The van der Waals surface area contributed by atoms with Gasteiger partial charge in [0, 0.05) is 43.6 Å². The molecule has 0 aromatic rings. The first-order valence-corrected chi connectivity index (χ1v) is 10.8. The molecule has 2 bridgehead atoms. The predicted molar refractivity (Wildman–Crippen MR) is 111 cm³/mol. The number of fused-ring (bicyclic) bond motifs is 3. The van der Waals surface area contributed by atoms with Crippen molar-refractivity contribution in [1.82, 2.24) is 0 Å². The molecular weight excluding hydrogens is 418 g/mol. The van der Waals surface area contributed by atoms with Gasteiger partial charge in [-0.15, -0.1) is 0 Å². The van der Waals surface area contributed by atoms with Gasteiger partial charge in [-0.1, -0.05) is 26.0 Å². The monoisotopic (exact) mass is 449 g/mol. The molecule has 32 heavy (non-hydrogen) atoms. The molecule has 0 unspecified atom stereocenters. The summed E-state index contributed by atoms with van der Waals surface area (Å²) in [5.74, 6) is -3.01. The lowest BCUT2D eigenvalue weighted by molar-refractivity contribution is -0.198. The van der Waals surface area contributed by atoms with Crippen LogP contribution in [0.3, 0.4) is 0 Å². The van der Waals surface area contributed by atoms with Crippen LogP contribution in [0.4, 0.5) is 0 Å². The number of carbonyl (C=O) groups excluding carboxylic acids is 3. The highest BCUT2D eigenvalue weighted by Crippen LogP contribution is 2.74. The number of hydrogen-bond acceptors (Lipinski definition) is 9. The first-order valence-electron chi connectivity index (χ1n) is 10.8. The zero-order valence-electron chi connectivity index (χ0n) is 18.9. The minimum Gasteiger partial charge on any atom is -0.458 e. The lowest BCUT2D eigenvalue weighted by Crippen LogP contribution is -2.69. The third kappa shape index (κ3) is 2.45. The van der Waals surface area contributed by atoms with E-state index in [0.717, 1.165) is 0 Å². The van der Waals surface area contributed by atoms with Gasteiger partial charge in [0.2, 0.25) is 0 Å². The van der Waals surface area contributed by atoms with Gasteiger partial charge in [-0.25, -0.2) is 0 Å². The molecule has 9 nitrogen and oxygen atoms in total. The van der Waals surface area contributed by atoms with E-state index < -0.39 is 76.4 Å². The Labute approximate surface area is 186 Å². The maximum atomic E-state index is 14.2. The molecule has 0 amide bonds. The van der Waals surface area contributed by atoms with Crippen LogP contribution in [0.2, 0.25) is 0 Å². The molecule has 0 radical (unpaired) electrons. The van der Waals surface area contributed by atoms with Crippen molar-refractivity contribution in [3.63, 3.8) is 0 Å². The van der Waals surface area contributed by atoms with E-state index in [-0.39, 0.29) is 12.0 Å². The molecule has 4 rings (SSSR count). The van der Waals surface area contributed by atoms with Gasteiger partial charge in [-0.3, -0.25) is 14.4 Å². The van der Waals surface area contributed by atoms with E-state index in [1.54, 1.807) is 6.92 Å². The quantitative estimate of drug-likeness (QED) is 0.337. The van der Waals surface area contributed by atoms with Crippen LogP contribution in [-0.2, 0) is 23.9 Å². The number of nitrogens with two attached hydrogens (primary N) is 1. The second kappa shape index (κ2) is 6.72. The zero-order chi connectivity index (χ0) is 24.0. The second-order valence-corrected chi connectivity index (χ2v) is 10.3. The summed E-state index contributed by atoms with van der Waals surface area (Å²) in [7, 11) is 0. The highest BCUT2D eigenvalue weighted by molar-refractivity contribution is 5.96. The molecule has 4 aliphatic rings. The van der Waals surface area contributed by atoms with Crippen LogP contribution in [-0.4, -0.2) is 69.1 Å². The van der Waals surface area contributed by atoms with Crippen LogP contribution in [0, 0.1) is 22.7 Å². The minimum atomic E-state index is -2.33. The smallest absolute Gasteiger partial charge is 0.303 e. The summed E-state index contributed by atoms with van der Waals surface area (Å²) in [5.41, 5.74) is 1.26. The topological polar surface area (TPSA) is 156 Å². The third-order valence-electron chi connectivity index (χ3n) is 8.35. The predicted octanol–water partition coefficient (Wildman–Crippen LogP) is -0.237. The highest BCUT2D eigenvalue weighted by Gasteiger charge is 2.83. The fraction of sp³-hybridized carbons (Fsp3) is 0.696. The fourth-order valence-electron chi connectivity index (χ4n) is 7.00.